The molecule has 1 rings (SSSR count). The molecule has 0 radical (unpaired) electrons. The van der Waals surface area contributed by atoms with E-state index >= 15 is 0 Å². The second-order valence-corrected chi connectivity index (χ2v) is 4.39. The molecule has 1 aliphatic carbocycles. The van der Waals surface area contributed by atoms with Crippen LogP contribution in [0.1, 0.15) is 41.5 Å². The Bertz CT molecular complexity index is 321. The van der Waals surface area contributed by atoms with Gasteiger partial charge in [-0.25, -0.2) is 0 Å². The van der Waals surface area contributed by atoms with Crippen LogP contribution in [0.4, 0.5) is 0 Å². The minimum Gasteiger partial charge on any atom is -0.384 e. The molecule has 1 heteroatoms. The van der Waals surface area contributed by atoms with Crippen molar-refractivity contribution >= 4 is 0 Å². The summed E-state index contributed by atoms with van der Waals surface area (Å²) in [7, 11) is 0. The Hall–Kier alpha value is -0.820. The first-order valence-corrected chi connectivity index (χ1v) is 5.09. The summed E-state index contributed by atoms with van der Waals surface area (Å²) < 4.78 is 0. The van der Waals surface area contributed by atoms with Crippen LogP contribution >= 0.6 is 0 Å². The first kappa shape index (κ1) is 11.3. The number of hydrogen-bond acceptors (Lipinski definition) is 1. The maximum Gasteiger partial charge on any atom is 0.0967 e. The second kappa shape index (κ2) is 3.74. The van der Waals surface area contributed by atoms with Crippen molar-refractivity contribution in [2.45, 2.75) is 47.6 Å². The van der Waals surface area contributed by atoms with Gasteiger partial charge in [-0.2, -0.15) is 0 Å². The molecule has 0 amide bonds. The minimum atomic E-state index is -0.377. The molecular formula is C13H20O. The Morgan fingerprint density at radius 1 is 0.929 bits per heavy atom. The third-order valence-corrected chi connectivity index (χ3v) is 3.25. The van der Waals surface area contributed by atoms with E-state index < -0.39 is 0 Å². The minimum absolute atomic E-state index is 0.377. The lowest BCUT2D eigenvalue weighted by atomic mass is 9.81. The zero-order valence-electron chi connectivity index (χ0n) is 10.0. The van der Waals surface area contributed by atoms with Crippen LogP contribution < -0.4 is 0 Å². The average Bonchev–Trinajstić information content (AvgIpc) is 2.11. The molecule has 0 fully saturated rings. The predicted molar refractivity (Wildman–Crippen MR) is 61.1 cm³/mol. The Balaban J connectivity index is 3.42. The topological polar surface area (TPSA) is 20.2 Å². The normalized spacial score (nSPS) is 23.4. The fourth-order valence-electron chi connectivity index (χ4n) is 2.16. The lowest BCUT2D eigenvalue weighted by molar-refractivity contribution is 0.243. The van der Waals surface area contributed by atoms with Gasteiger partial charge in [0, 0.05) is 0 Å². The van der Waals surface area contributed by atoms with Crippen molar-refractivity contribution < 1.29 is 5.11 Å². The summed E-state index contributed by atoms with van der Waals surface area (Å²) in [5.74, 6) is 0. The maximum absolute atomic E-state index is 9.95. The molecule has 0 atom stereocenters. The highest BCUT2D eigenvalue weighted by molar-refractivity contribution is 5.56. The van der Waals surface area contributed by atoms with Crippen LogP contribution in [0.5, 0.6) is 0 Å². The Morgan fingerprint density at radius 2 is 1.29 bits per heavy atom. The van der Waals surface area contributed by atoms with Crippen LogP contribution in [0.25, 0.3) is 0 Å². The van der Waals surface area contributed by atoms with E-state index in [1.807, 2.05) is 13.8 Å². The molecule has 0 aliphatic heterocycles. The Labute approximate surface area is 86.8 Å². The molecule has 1 N–H and O–H groups in total. The van der Waals surface area contributed by atoms with Gasteiger partial charge in [-0.3, -0.25) is 0 Å². The molecule has 0 saturated heterocycles. The van der Waals surface area contributed by atoms with Gasteiger partial charge in [0.25, 0.3) is 0 Å². The van der Waals surface area contributed by atoms with E-state index in [1.165, 1.54) is 22.3 Å². The average molecular weight is 192 g/mol. The molecule has 0 spiro atoms. The zero-order valence-corrected chi connectivity index (χ0v) is 10.0. The highest BCUT2D eigenvalue weighted by Crippen LogP contribution is 2.35. The predicted octanol–water partition coefficient (Wildman–Crippen LogP) is 3.37. The van der Waals surface area contributed by atoms with Crippen molar-refractivity contribution in [3.05, 3.63) is 33.4 Å². The van der Waals surface area contributed by atoms with Crippen molar-refractivity contribution in [1.29, 1.82) is 0 Å². The highest BCUT2D eigenvalue weighted by atomic mass is 16.3. The van der Waals surface area contributed by atoms with Gasteiger partial charge in [0.2, 0.25) is 0 Å². The number of rotatable bonds is 0. The van der Waals surface area contributed by atoms with Gasteiger partial charge >= 0.3 is 0 Å². The first-order valence-electron chi connectivity index (χ1n) is 5.09. The summed E-state index contributed by atoms with van der Waals surface area (Å²) in [6, 6.07) is 0. The highest BCUT2D eigenvalue weighted by Gasteiger charge is 2.23. The van der Waals surface area contributed by atoms with Crippen LogP contribution in [0.2, 0.25) is 0 Å². The summed E-state index contributed by atoms with van der Waals surface area (Å²) >= 11 is 0. The molecule has 0 aromatic heterocycles. The van der Waals surface area contributed by atoms with Crippen LogP contribution in [-0.4, -0.2) is 11.2 Å². The van der Waals surface area contributed by atoms with Crippen molar-refractivity contribution in [3.63, 3.8) is 0 Å². The van der Waals surface area contributed by atoms with Crippen LogP contribution in [0.3, 0.4) is 0 Å². The lowest BCUT2D eigenvalue weighted by Gasteiger charge is -2.27. The Morgan fingerprint density at radius 3 is 1.57 bits per heavy atom. The second-order valence-electron chi connectivity index (χ2n) is 4.39. The molecule has 0 bridgehead atoms. The number of aliphatic hydroxyl groups excluding tert-OH is 1. The van der Waals surface area contributed by atoms with Crippen LogP contribution in [-0.2, 0) is 0 Å². The first-order chi connectivity index (χ1) is 6.37. The van der Waals surface area contributed by atoms with Gasteiger partial charge in [0.1, 0.15) is 0 Å². The SMILES string of the molecule is CC(C)=C1C(C)=C(C)C(O)C(C)=C1C. The fraction of sp³-hybridized carbons (Fsp3) is 0.538. The van der Waals surface area contributed by atoms with Crippen LogP contribution in [0.15, 0.2) is 33.4 Å². The molecule has 0 unspecified atom stereocenters. The monoisotopic (exact) mass is 192 g/mol. The van der Waals surface area contributed by atoms with Gasteiger partial charge in [0.15, 0.2) is 0 Å². The molecular weight excluding hydrogens is 172 g/mol. The molecule has 0 heterocycles. The molecule has 14 heavy (non-hydrogen) atoms. The van der Waals surface area contributed by atoms with E-state index in [4.69, 9.17) is 0 Å². The number of hydrogen-bond donors (Lipinski definition) is 1. The molecule has 78 valence electrons. The van der Waals surface area contributed by atoms with Crippen molar-refractivity contribution in [2.75, 3.05) is 0 Å². The van der Waals surface area contributed by atoms with Crippen molar-refractivity contribution in [2.24, 2.45) is 0 Å². The maximum atomic E-state index is 9.95. The van der Waals surface area contributed by atoms with Gasteiger partial charge in [-0.1, -0.05) is 5.57 Å². The van der Waals surface area contributed by atoms with E-state index in [0.29, 0.717) is 0 Å². The van der Waals surface area contributed by atoms with Gasteiger partial charge < -0.3 is 5.11 Å². The van der Waals surface area contributed by atoms with Gasteiger partial charge in [-0.05, 0) is 69.4 Å². The van der Waals surface area contributed by atoms with E-state index in [2.05, 4.69) is 27.7 Å². The number of aliphatic hydroxyl groups is 1. The molecule has 0 aromatic carbocycles. The zero-order chi connectivity index (χ0) is 11.0. The summed E-state index contributed by atoms with van der Waals surface area (Å²) in [6.07, 6.45) is -0.377. The van der Waals surface area contributed by atoms with Crippen molar-refractivity contribution in [3.8, 4) is 0 Å². The quantitative estimate of drug-likeness (QED) is 0.624. The molecule has 0 aromatic rings. The van der Waals surface area contributed by atoms with Gasteiger partial charge in [0.05, 0.1) is 6.10 Å². The molecule has 1 nitrogen and oxygen atoms in total. The van der Waals surface area contributed by atoms with Crippen LogP contribution in [0, 0.1) is 0 Å². The lowest BCUT2D eigenvalue weighted by Crippen LogP contribution is -2.19. The standard InChI is InChI=1S/C13H20O/c1-7(2)12-8(3)10(5)13(14)11(6)9(12)4/h13-14H,1-6H3. The third-order valence-electron chi connectivity index (χ3n) is 3.25. The summed E-state index contributed by atoms with van der Waals surface area (Å²) in [5.41, 5.74) is 7.30. The van der Waals surface area contributed by atoms with Crippen molar-refractivity contribution in [1.82, 2.24) is 0 Å². The largest absolute Gasteiger partial charge is 0.384 e. The smallest absolute Gasteiger partial charge is 0.0967 e. The van der Waals surface area contributed by atoms with E-state index in [1.54, 1.807) is 0 Å². The van der Waals surface area contributed by atoms with Gasteiger partial charge in [-0.15, -0.1) is 0 Å². The summed E-state index contributed by atoms with van der Waals surface area (Å²) in [6.45, 7) is 12.5. The van der Waals surface area contributed by atoms with E-state index in [-0.39, 0.29) is 6.10 Å². The summed E-state index contributed by atoms with van der Waals surface area (Å²) in [5, 5.41) is 9.95. The third kappa shape index (κ3) is 1.57. The summed E-state index contributed by atoms with van der Waals surface area (Å²) in [4.78, 5) is 0. The number of allylic oxidation sites excluding steroid dienone is 4. The van der Waals surface area contributed by atoms with E-state index in [0.717, 1.165) is 11.1 Å². The Kier molecular flexibility index (Phi) is 3.01. The fourth-order valence-corrected chi connectivity index (χ4v) is 2.16. The molecule has 1 aliphatic rings. The van der Waals surface area contributed by atoms with E-state index in [9.17, 15) is 5.11 Å². The molecule has 0 saturated carbocycles.